The number of carboxylic acids is 1. The molecule has 2 saturated carbocycles. The number of carbonyl (C=O) groups is 2. The maximum absolute atomic E-state index is 12.4. The molecule has 2 aliphatic heterocycles. The van der Waals surface area contributed by atoms with Gasteiger partial charge in [0.05, 0.1) is 19.2 Å². The number of aliphatic hydroxyl groups is 1. The molecule has 3 N–H and O–H groups in total. The molecule has 8 nitrogen and oxygen atoms in total. The summed E-state index contributed by atoms with van der Waals surface area (Å²) in [6.07, 6.45) is 2.00. The van der Waals surface area contributed by atoms with Crippen LogP contribution < -0.4 is 9.39 Å². The number of amides is 1. The van der Waals surface area contributed by atoms with Crippen LogP contribution >= 0.6 is 0 Å². The van der Waals surface area contributed by atoms with Crippen LogP contribution in [0.3, 0.4) is 0 Å². The molecule has 4 aliphatic rings. The molecule has 3 fully saturated rings. The van der Waals surface area contributed by atoms with Crippen molar-refractivity contribution in [3.63, 3.8) is 0 Å². The summed E-state index contributed by atoms with van der Waals surface area (Å²) in [6, 6.07) is 3.46. The number of carbonyl (C=O) groups excluding carboxylic acids is 1. The van der Waals surface area contributed by atoms with Crippen molar-refractivity contribution >= 4 is 19.0 Å². The number of benzene rings is 1. The van der Waals surface area contributed by atoms with Crippen molar-refractivity contribution in [2.24, 2.45) is 5.92 Å². The van der Waals surface area contributed by atoms with Crippen LogP contribution in [0.1, 0.15) is 47.5 Å². The monoisotopic (exact) mass is 387 g/mol. The van der Waals surface area contributed by atoms with E-state index in [4.69, 9.17) is 9.39 Å². The summed E-state index contributed by atoms with van der Waals surface area (Å²) in [6.45, 7) is 0.797. The fraction of sp³-hybridized carbons (Fsp3) is 0.579. The predicted molar refractivity (Wildman–Crippen MR) is 97.5 cm³/mol. The molecule has 1 saturated heterocycles. The third kappa shape index (κ3) is 2.84. The second kappa shape index (κ2) is 6.38. The number of hydrogen-bond acceptors (Lipinski definition) is 6. The normalized spacial score (nSPS) is 30.8. The fourth-order valence-electron chi connectivity index (χ4n) is 4.71. The molecule has 0 spiro atoms. The largest absolute Gasteiger partial charge is 0.535 e. The van der Waals surface area contributed by atoms with E-state index >= 15 is 0 Å². The number of likely N-dealkylation sites (tertiary alicyclic amines) is 1. The van der Waals surface area contributed by atoms with Gasteiger partial charge in [-0.15, -0.1) is 0 Å². The van der Waals surface area contributed by atoms with Crippen LogP contribution in [-0.4, -0.2) is 64.4 Å². The Bertz CT molecular complexity index is 840. The van der Waals surface area contributed by atoms with Gasteiger partial charge in [0, 0.05) is 11.7 Å². The molecular formula is C19H22BNO7. The van der Waals surface area contributed by atoms with Gasteiger partial charge in [-0.2, -0.15) is 0 Å². The average molecular weight is 387 g/mol. The van der Waals surface area contributed by atoms with E-state index in [2.05, 4.69) is 0 Å². The van der Waals surface area contributed by atoms with Gasteiger partial charge in [0.2, 0.25) is 5.91 Å². The standard InChI is InChI=1S/C19H22BNO7/c22-10-2-1-9(5-10)18(23)21-7-11(8-21)27-15-4-3-12-13-6-14(13)20(26)28-17(12)16(15)19(24)25/h3-4,9-11,13-14,22,26H,1-2,5-8H2,(H,24,25)/t9-,10-,13+,14+/m0/s1. The Hall–Kier alpha value is -2.26. The molecule has 0 radical (unpaired) electrons. The van der Waals surface area contributed by atoms with Crippen molar-refractivity contribution in [3.05, 3.63) is 23.3 Å². The van der Waals surface area contributed by atoms with E-state index in [1.807, 2.05) is 6.07 Å². The van der Waals surface area contributed by atoms with Crippen molar-refractivity contribution in [1.29, 1.82) is 0 Å². The Kier molecular flexibility index (Phi) is 4.06. The van der Waals surface area contributed by atoms with Crippen molar-refractivity contribution in [2.75, 3.05) is 13.1 Å². The van der Waals surface area contributed by atoms with Crippen molar-refractivity contribution in [3.8, 4) is 11.5 Å². The maximum atomic E-state index is 12.4. The SMILES string of the molecule is O=C(O)c1c(OC2CN(C(=O)[C@H]3CC[C@H](O)C3)C2)ccc2c1OB(O)[C@@H]1C[C@H]21. The Balaban J connectivity index is 1.28. The molecule has 1 aromatic carbocycles. The van der Waals surface area contributed by atoms with Gasteiger partial charge in [-0.3, -0.25) is 4.79 Å². The van der Waals surface area contributed by atoms with Crippen LogP contribution in [0, 0.1) is 5.92 Å². The van der Waals surface area contributed by atoms with Gasteiger partial charge in [-0.1, -0.05) is 6.07 Å². The molecule has 0 aromatic heterocycles. The van der Waals surface area contributed by atoms with Crippen molar-refractivity contribution in [2.45, 2.75) is 49.6 Å². The first-order valence-electron chi connectivity index (χ1n) is 9.80. The molecule has 9 heteroatoms. The minimum absolute atomic E-state index is 0.0338. The second-order valence-corrected chi connectivity index (χ2v) is 8.32. The van der Waals surface area contributed by atoms with E-state index < -0.39 is 19.2 Å². The summed E-state index contributed by atoms with van der Waals surface area (Å²) < 4.78 is 11.4. The number of nitrogens with zero attached hydrogens (tertiary/aromatic N) is 1. The Morgan fingerprint density at radius 1 is 1.21 bits per heavy atom. The average Bonchev–Trinajstić information content (AvgIpc) is 3.31. The van der Waals surface area contributed by atoms with Gasteiger partial charge >= 0.3 is 13.1 Å². The van der Waals surface area contributed by atoms with E-state index in [-0.39, 0.29) is 46.7 Å². The number of hydrogen-bond donors (Lipinski definition) is 3. The molecule has 148 valence electrons. The molecule has 1 aromatic rings. The summed E-state index contributed by atoms with van der Waals surface area (Å²) in [4.78, 5) is 26.0. The van der Waals surface area contributed by atoms with Gasteiger partial charge in [-0.25, -0.2) is 4.79 Å². The number of aromatic carboxylic acids is 1. The van der Waals surface area contributed by atoms with E-state index in [1.54, 1.807) is 11.0 Å². The summed E-state index contributed by atoms with van der Waals surface area (Å²) in [5.41, 5.74) is 0.746. The molecular weight excluding hydrogens is 365 g/mol. The van der Waals surface area contributed by atoms with Crippen LogP contribution in [0.2, 0.25) is 5.82 Å². The number of rotatable bonds is 4. The number of fused-ring (bicyclic) bond motifs is 3. The number of aliphatic hydroxyl groups excluding tert-OH is 1. The van der Waals surface area contributed by atoms with E-state index in [9.17, 15) is 24.8 Å². The molecule has 2 aliphatic carbocycles. The highest BCUT2D eigenvalue weighted by Gasteiger charge is 2.54. The van der Waals surface area contributed by atoms with Crippen LogP contribution in [0.5, 0.6) is 11.5 Å². The lowest BCUT2D eigenvalue weighted by molar-refractivity contribution is -0.144. The second-order valence-electron chi connectivity index (χ2n) is 8.32. The lowest BCUT2D eigenvalue weighted by Crippen LogP contribution is -2.57. The molecule has 0 bridgehead atoms. The molecule has 2 heterocycles. The summed E-state index contributed by atoms with van der Waals surface area (Å²) in [7, 11) is -0.982. The first-order valence-corrected chi connectivity index (χ1v) is 9.80. The van der Waals surface area contributed by atoms with Crippen LogP contribution in [0.15, 0.2) is 12.1 Å². The molecule has 4 atom stereocenters. The third-order valence-corrected chi connectivity index (χ3v) is 6.42. The summed E-state index contributed by atoms with van der Waals surface area (Å²) in [5.74, 6) is -0.674. The smallest absolute Gasteiger partial charge is 0.526 e. The summed E-state index contributed by atoms with van der Waals surface area (Å²) >= 11 is 0. The topological polar surface area (TPSA) is 117 Å². The molecule has 0 unspecified atom stereocenters. The predicted octanol–water partition coefficient (Wildman–Crippen LogP) is 0.866. The Morgan fingerprint density at radius 3 is 2.68 bits per heavy atom. The van der Waals surface area contributed by atoms with Gasteiger partial charge in [0.1, 0.15) is 23.2 Å². The fourth-order valence-corrected chi connectivity index (χ4v) is 4.71. The zero-order valence-corrected chi connectivity index (χ0v) is 15.3. The first kappa shape index (κ1) is 17.8. The van der Waals surface area contributed by atoms with Crippen LogP contribution in [0.4, 0.5) is 0 Å². The van der Waals surface area contributed by atoms with E-state index in [1.165, 1.54) is 0 Å². The number of carboxylic acid groups (broad SMARTS) is 1. The first-order chi connectivity index (χ1) is 13.4. The lowest BCUT2D eigenvalue weighted by atomic mass is 9.77. The van der Waals surface area contributed by atoms with Crippen molar-refractivity contribution < 1.29 is 34.2 Å². The zero-order valence-electron chi connectivity index (χ0n) is 15.3. The molecule has 28 heavy (non-hydrogen) atoms. The lowest BCUT2D eigenvalue weighted by Gasteiger charge is -2.40. The molecule has 5 rings (SSSR count). The van der Waals surface area contributed by atoms with Gasteiger partial charge < -0.3 is 29.5 Å². The zero-order chi connectivity index (χ0) is 19.6. The minimum Gasteiger partial charge on any atom is -0.535 e. The maximum Gasteiger partial charge on any atom is 0.526 e. The highest BCUT2D eigenvalue weighted by atomic mass is 16.5. The van der Waals surface area contributed by atoms with Gasteiger partial charge in [0.15, 0.2) is 0 Å². The number of ether oxygens (including phenoxy) is 1. The van der Waals surface area contributed by atoms with Gasteiger partial charge in [0.25, 0.3) is 0 Å². The third-order valence-electron chi connectivity index (χ3n) is 6.42. The highest BCUT2D eigenvalue weighted by Crippen LogP contribution is 2.60. The highest BCUT2D eigenvalue weighted by molar-refractivity contribution is 6.48. The van der Waals surface area contributed by atoms with Crippen molar-refractivity contribution in [1.82, 2.24) is 4.90 Å². The van der Waals surface area contributed by atoms with Gasteiger partial charge in [-0.05, 0) is 43.2 Å². The minimum atomic E-state index is -1.16. The van der Waals surface area contributed by atoms with E-state index in [0.717, 1.165) is 12.0 Å². The van der Waals surface area contributed by atoms with Crippen LogP contribution in [0.25, 0.3) is 0 Å². The molecule has 1 amide bonds. The quantitative estimate of drug-likeness (QED) is 0.657. The summed E-state index contributed by atoms with van der Waals surface area (Å²) in [5, 5.41) is 29.3. The Morgan fingerprint density at radius 2 is 2.00 bits per heavy atom. The van der Waals surface area contributed by atoms with Crippen LogP contribution in [-0.2, 0) is 4.79 Å². The van der Waals surface area contributed by atoms with E-state index in [0.29, 0.717) is 32.4 Å². The Labute approximate surface area is 162 Å².